The van der Waals surface area contributed by atoms with E-state index < -0.39 is 18.1 Å². The summed E-state index contributed by atoms with van der Waals surface area (Å²) in [4.78, 5) is 46.9. The molecule has 7 aliphatic rings. The number of nitrogens with zero attached hydrogens (tertiary/aromatic N) is 8. The topological polar surface area (TPSA) is 226 Å². The quantitative estimate of drug-likeness (QED) is 0.0704. The van der Waals surface area contributed by atoms with Crippen molar-refractivity contribution in [2.45, 2.75) is 127 Å². The highest BCUT2D eigenvalue weighted by Gasteiger charge is 2.47. The molecule has 75 heavy (non-hydrogen) atoms. The summed E-state index contributed by atoms with van der Waals surface area (Å²) in [6, 6.07) is 24.1. The van der Waals surface area contributed by atoms with Gasteiger partial charge in [0.05, 0.1) is 47.4 Å². The molecule has 2 bridgehead atoms. The van der Waals surface area contributed by atoms with Crippen molar-refractivity contribution in [3.63, 3.8) is 0 Å². The van der Waals surface area contributed by atoms with Crippen LogP contribution in [0.2, 0.25) is 0 Å². The number of piperazine rings is 1. The Balaban J connectivity index is 0.591. The molecule has 9 heterocycles. The van der Waals surface area contributed by atoms with Crippen LogP contribution in [0, 0.1) is 23.2 Å². The van der Waals surface area contributed by atoms with Gasteiger partial charge in [-0.3, -0.25) is 9.59 Å². The highest BCUT2D eigenvalue weighted by molar-refractivity contribution is 5.91. The Bertz CT molecular complexity index is 2830. The Hall–Kier alpha value is -6.81. The second-order valence-electron chi connectivity index (χ2n) is 22.3. The number of H-pyrrole nitrogens is 1. The van der Waals surface area contributed by atoms with E-state index in [0.29, 0.717) is 41.0 Å². The molecule has 18 nitrogen and oxygen atoms in total. The molecule has 5 aromatic rings. The third-order valence-corrected chi connectivity index (χ3v) is 16.8. The van der Waals surface area contributed by atoms with Crippen LogP contribution in [0.5, 0.6) is 11.6 Å². The Kier molecular flexibility index (Phi) is 14.4. The first-order valence-corrected chi connectivity index (χ1v) is 27.1. The second-order valence-corrected chi connectivity index (χ2v) is 22.3. The summed E-state index contributed by atoms with van der Waals surface area (Å²) in [7, 11) is 0. The molecule has 12 rings (SSSR count). The van der Waals surface area contributed by atoms with Gasteiger partial charge in [0.2, 0.25) is 17.7 Å². The number of pyridine rings is 1. The lowest BCUT2D eigenvalue weighted by Gasteiger charge is -2.58. The largest absolute Gasteiger partial charge is 0.507 e. The minimum atomic E-state index is -0.822. The molecule has 1 aliphatic carbocycles. The van der Waals surface area contributed by atoms with E-state index in [1.165, 1.54) is 4.90 Å². The number of nitrogens with two attached hydrogens (primary N) is 1. The number of hydrogen-bond acceptors (Lipinski definition) is 15. The van der Waals surface area contributed by atoms with Crippen molar-refractivity contribution in [3.8, 4) is 29.0 Å². The number of aromatic hydroxyl groups is 1. The number of anilines is 4. The standard InChI is InChI=1S/C57H71N11O7/c1-34(2)54(57(72)67-33-42(69)24-49(67)56(71)61-35(3)38-10-8-36(29-58)9-11-38)51-28-52(63-75-51)65-20-13-37(14-21-65)30-64-18-15-43(16-19-64)73-44-25-45(26-44)74-53-23-39(12-17-60-53)66-31-40-22-41(32-66)68(40)48-27-47(62-55(48)59)46-6-4-5-7-50(46)70/h4-12,17,23,27-28,34-35,37,40-45,49,54,62,69-70H,13-16,18-22,24-26,30-33,59H2,1-3H3,(H,61,71)/t35-,40?,41?,42+,44?,45?,49-,54+/m0/s1. The number of fused-ring (bicyclic) bond motifs is 2. The molecule has 6 saturated heterocycles. The van der Waals surface area contributed by atoms with E-state index in [1.807, 2.05) is 63.4 Å². The van der Waals surface area contributed by atoms with Gasteiger partial charge in [-0.1, -0.05) is 43.3 Å². The van der Waals surface area contributed by atoms with Gasteiger partial charge in [0, 0.05) is 113 Å². The van der Waals surface area contributed by atoms with Crippen molar-refractivity contribution in [1.29, 1.82) is 5.26 Å². The number of aromatic nitrogens is 3. The average Bonchev–Trinajstić information content (AvgIpc) is 4.15. The Morgan fingerprint density at radius 1 is 0.893 bits per heavy atom. The van der Waals surface area contributed by atoms with Crippen LogP contribution in [-0.2, 0) is 14.3 Å². The zero-order chi connectivity index (χ0) is 51.9. The number of phenols is 1. The molecule has 2 unspecified atom stereocenters. The molecular weight excluding hydrogens is 951 g/mol. The van der Waals surface area contributed by atoms with Crippen molar-refractivity contribution < 1.29 is 33.8 Å². The van der Waals surface area contributed by atoms with Gasteiger partial charge in [0.1, 0.15) is 29.6 Å². The van der Waals surface area contributed by atoms with Gasteiger partial charge in [0.15, 0.2) is 11.6 Å². The number of amides is 2. The van der Waals surface area contributed by atoms with E-state index in [0.717, 1.165) is 125 Å². The maximum atomic E-state index is 14.3. The van der Waals surface area contributed by atoms with Crippen molar-refractivity contribution in [3.05, 3.63) is 95.9 Å². The molecule has 2 aromatic carbocycles. The minimum absolute atomic E-state index is 0.0665. The van der Waals surface area contributed by atoms with Crippen molar-refractivity contribution in [2.75, 3.05) is 72.8 Å². The van der Waals surface area contributed by atoms with E-state index >= 15 is 0 Å². The van der Waals surface area contributed by atoms with Gasteiger partial charge >= 0.3 is 0 Å². The number of para-hydroxylation sites is 1. The van der Waals surface area contributed by atoms with E-state index in [1.54, 1.807) is 18.2 Å². The first-order valence-electron chi connectivity index (χ1n) is 27.1. The first-order chi connectivity index (χ1) is 36.3. The molecule has 6 N–H and O–H groups in total. The molecule has 396 valence electrons. The van der Waals surface area contributed by atoms with Gasteiger partial charge in [-0.2, -0.15) is 5.26 Å². The van der Waals surface area contributed by atoms with Gasteiger partial charge in [0.25, 0.3) is 0 Å². The van der Waals surface area contributed by atoms with E-state index in [2.05, 4.69) is 64.3 Å². The zero-order valence-electron chi connectivity index (χ0n) is 43.3. The molecule has 1 saturated carbocycles. The van der Waals surface area contributed by atoms with Crippen LogP contribution in [0.4, 0.5) is 23.0 Å². The maximum absolute atomic E-state index is 14.3. The van der Waals surface area contributed by atoms with E-state index in [9.17, 15) is 19.8 Å². The van der Waals surface area contributed by atoms with Gasteiger partial charge in [-0.25, -0.2) is 4.98 Å². The number of piperidine rings is 3. The van der Waals surface area contributed by atoms with Crippen LogP contribution >= 0.6 is 0 Å². The number of aliphatic hydroxyl groups excluding tert-OH is 1. The number of carbonyl (C=O) groups excluding carboxylic acids is 2. The number of rotatable bonds is 16. The number of ether oxygens (including phenoxy) is 2. The highest BCUT2D eigenvalue weighted by atomic mass is 16.5. The molecule has 2 amide bonds. The summed E-state index contributed by atoms with van der Waals surface area (Å²) in [6.45, 7) is 12.5. The lowest BCUT2D eigenvalue weighted by Crippen LogP contribution is -2.69. The number of likely N-dealkylation sites (tertiary alicyclic amines) is 2. The summed E-state index contributed by atoms with van der Waals surface area (Å²) < 4.78 is 18.9. The number of hydrogen-bond donors (Lipinski definition) is 5. The SMILES string of the molecule is CC(C)[C@@H](C(=O)N1C[C@H](O)C[C@H]1C(=O)N[C@@H](C)c1ccc(C#N)cc1)c1cc(N2CCC(CN3CCC(OC4CC(Oc5cc(N6CC7CC(C6)N7c6cc(-c7ccccc7O)[nH]c6N)ccn5)C4)CC3)CC2)no1. The number of phenolic OH excluding ortho intramolecular Hbond substituents is 1. The average molecular weight is 1020 g/mol. The predicted octanol–water partition coefficient (Wildman–Crippen LogP) is 6.58. The number of nitriles is 1. The minimum Gasteiger partial charge on any atom is -0.507 e. The molecule has 3 aromatic heterocycles. The lowest BCUT2D eigenvalue weighted by atomic mass is 9.86. The van der Waals surface area contributed by atoms with Crippen LogP contribution < -0.4 is 30.5 Å². The van der Waals surface area contributed by atoms with Crippen LogP contribution in [-0.4, -0.2) is 142 Å². The summed E-state index contributed by atoms with van der Waals surface area (Å²) in [6.07, 6.45) is 8.79. The molecule has 7 fully saturated rings. The number of nitrogen functional groups attached to an aromatic ring is 1. The van der Waals surface area contributed by atoms with Crippen molar-refractivity contribution in [2.24, 2.45) is 11.8 Å². The number of β-amino-alcohol motifs (C(OH)–C–C–N with tert-alkyl or cyclic N) is 1. The summed E-state index contributed by atoms with van der Waals surface area (Å²) in [5.74, 6) is 1.91. The number of nitrogens with one attached hydrogen (secondary N) is 2. The third-order valence-electron chi connectivity index (χ3n) is 16.8. The Morgan fingerprint density at radius 3 is 2.36 bits per heavy atom. The number of carbonyl (C=O) groups is 2. The van der Waals surface area contributed by atoms with Crippen LogP contribution in [0.25, 0.3) is 11.3 Å². The summed E-state index contributed by atoms with van der Waals surface area (Å²) >= 11 is 0. The fraction of sp³-hybridized carbons (Fsp3) is 0.526. The molecular formula is C57H71N11O7. The fourth-order valence-electron chi connectivity index (χ4n) is 12.5. The van der Waals surface area contributed by atoms with Crippen molar-refractivity contribution in [1.82, 2.24) is 30.2 Å². The number of benzene rings is 2. The normalized spacial score (nSPS) is 25.1. The Morgan fingerprint density at radius 2 is 1.64 bits per heavy atom. The lowest BCUT2D eigenvalue weighted by molar-refractivity contribution is -0.141. The van der Waals surface area contributed by atoms with Gasteiger partial charge < -0.3 is 64.7 Å². The maximum Gasteiger partial charge on any atom is 0.243 e. The zero-order valence-corrected chi connectivity index (χ0v) is 43.3. The van der Waals surface area contributed by atoms with Crippen LogP contribution in [0.1, 0.15) is 101 Å². The molecule has 0 radical (unpaired) electrons. The van der Waals surface area contributed by atoms with Crippen LogP contribution in [0.15, 0.2) is 83.5 Å². The first kappa shape index (κ1) is 50.4. The third kappa shape index (κ3) is 10.7. The fourth-order valence-corrected chi connectivity index (χ4v) is 12.5. The van der Waals surface area contributed by atoms with E-state index in [-0.39, 0.29) is 60.8 Å². The number of aliphatic hydroxyl groups is 1. The van der Waals surface area contributed by atoms with E-state index in [4.69, 9.17) is 25.0 Å². The van der Waals surface area contributed by atoms with Gasteiger partial charge in [-0.05, 0) is 92.8 Å². The monoisotopic (exact) mass is 1020 g/mol. The summed E-state index contributed by atoms with van der Waals surface area (Å²) in [5.41, 5.74) is 11.6. The van der Waals surface area contributed by atoms with Crippen molar-refractivity contribution >= 4 is 34.8 Å². The predicted molar refractivity (Wildman–Crippen MR) is 284 cm³/mol. The molecule has 6 aliphatic heterocycles. The number of aromatic amines is 1. The Labute approximate surface area is 438 Å². The smallest absolute Gasteiger partial charge is 0.243 e. The van der Waals surface area contributed by atoms with Gasteiger partial charge in [-0.15, -0.1) is 0 Å². The second kappa shape index (κ2) is 21.4. The van der Waals surface area contributed by atoms with Crippen LogP contribution in [0.3, 0.4) is 0 Å². The summed E-state index contributed by atoms with van der Waals surface area (Å²) in [5, 5.41) is 37.7. The molecule has 6 atom stereocenters. The molecule has 18 heteroatoms. The molecule has 0 spiro atoms. The highest BCUT2D eigenvalue weighted by Crippen LogP contribution is 2.44.